The zero-order chi connectivity index (χ0) is 26.7. The van der Waals surface area contributed by atoms with Gasteiger partial charge in [0.15, 0.2) is 0 Å². The summed E-state index contributed by atoms with van der Waals surface area (Å²) in [5.41, 5.74) is 4.80. The van der Waals surface area contributed by atoms with Crippen molar-refractivity contribution in [2.75, 3.05) is 33.5 Å². The van der Waals surface area contributed by atoms with Gasteiger partial charge in [0.1, 0.15) is 23.5 Å². The Bertz CT molecular complexity index is 1400. The van der Waals surface area contributed by atoms with E-state index in [1.807, 2.05) is 54.6 Å². The number of ether oxygens (including phenoxy) is 4. The van der Waals surface area contributed by atoms with Crippen molar-refractivity contribution >= 4 is 5.97 Å². The average Bonchev–Trinajstić information content (AvgIpc) is 2.99. The van der Waals surface area contributed by atoms with E-state index in [0.717, 1.165) is 5.56 Å². The molecule has 39 heavy (non-hydrogen) atoms. The molecule has 0 heterocycles. The second-order valence-corrected chi connectivity index (χ2v) is 10.1. The quantitative estimate of drug-likeness (QED) is 0.141. The Morgan fingerprint density at radius 2 is 1.31 bits per heavy atom. The first-order valence-electron chi connectivity index (χ1n) is 13.5. The van der Waals surface area contributed by atoms with E-state index >= 15 is 0 Å². The van der Waals surface area contributed by atoms with Gasteiger partial charge in [-0.1, -0.05) is 84.9 Å². The van der Waals surface area contributed by atoms with Gasteiger partial charge in [0.05, 0.1) is 19.8 Å². The maximum atomic E-state index is 14.6. The number of hydrogen-bond donors (Lipinski definition) is 0. The molecule has 0 N–H and O–H groups in total. The smallest absolute Gasteiger partial charge is 0.323 e. The highest BCUT2D eigenvalue weighted by atomic mass is 16.5. The molecular weight excluding hydrogens is 488 g/mol. The van der Waals surface area contributed by atoms with Crippen LogP contribution in [0.15, 0.2) is 103 Å². The van der Waals surface area contributed by atoms with Crippen molar-refractivity contribution in [3.63, 3.8) is 0 Å². The van der Waals surface area contributed by atoms with Crippen LogP contribution in [0.5, 0.6) is 11.5 Å². The van der Waals surface area contributed by atoms with Gasteiger partial charge >= 0.3 is 5.97 Å². The number of carbonyl (C=O) groups is 1. The Kier molecular flexibility index (Phi) is 7.18. The predicted octanol–water partition coefficient (Wildman–Crippen LogP) is 6.25. The molecular formula is C34H32O5. The third kappa shape index (κ3) is 4.52. The molecule has 5 nitrogen and oxygen atoms in total. The molecule has 1 unspecified atom stereocenters. The summed E-state index contributed by atoms with van der Waals surface area (Å²) in [7, 11) is 1.65. The highest BCUT2D eigenvalue weighted by Gasteiger charge is 2.59. The number of hydrogen-bond acceptors (Lipinski definition) is 5. The number of benzene rings is 4. The minimum absolute atomic E-state index is 0.0659. The van der Waals surface area contributed by atoms with Crippen LogP contribution in [0.1, 0.15) is 46.1 Å². The summed E-state index contributed by atoms with van der Waals surface area (Å²) in [5, 5.41) is 0. The monoisotopic (exact) mass is 520 g/mol. The summed E-state index contributed by atoms with van der Waals surface area (Å²) in [6, 6.07) is 34.3. The van der Waals surface area contributed by atoms with E-state index in [4.69, 9.17) is 18.9 Å². The van der Waals surface area contributed by atoms with Crippen LogP contribution in [0, 0.1) is 0 Å². The molecule has 0 saturated heterocycles. The van der Waals surface area contributed by atoms with E-state index in [9.17, 15) is 4.79 Å². The Balaban J connectivity index is 1.47. The van der Waals surface area contributed by atoms with E-state index < -0.39 is 5.41 Å². The van der Waals surface area contributed by atoms with Gasteiger partial charge in [-0.25, -0.2) is 0 Å². The number of methoxy groups -OCH3 is 1. The second kappa shape index (κ2) is 11.0. The molecule has 0 fully saturated rings. The molecule has 2 bridgehead atoms. The molecule has 0 spiro atoms. The van der Waals surface area contributed by atoms with Gasteiger partial charge in [-0.05, 0) is 46.9 Å². The summed E-state index contributed by atoms with van der Waals surface area (Å²) in [5.74, 6) is 0.806. The lowest BCUT2D eigenvalue weighted by atomic mass is 9.50. The molecule has 0 amide bonds. The lowest BCUT2D eigenvalue weighted by Gasteiger charge is -2.52. The zero-order valence-corrected chi connectivity index (χ0v) is 22.0. The normalized spacial score (nSPS) is 20.6. The molecule has 1 atom stereocenters. The molecule has 0 saturated carbocycles. The molecule has 4 aromatic rings. The summed E-state index contributed by atoms with van der Waals surface area (Å²) in [6.07, 6.45) is 0.599. The molecule has 5 heteroatoms. The van der Waals surface area contributed by atoms with Crippen molar-refractivity contribution in [3.8, 4) is 11.5 Å². The van der Waals surface area contributed by atoms with E-state index in [2.05, 4.69) is 48.5 Å². The van der Waals surface area contributed by atoms with Crippen LogP contribution in [-0.4, -0.2) is 39.5 Å². The van der Waals surface area contributed by atoms with Crippen LogP contribution in [-0.2, 0) is 19.7 Å². The number of para-hydroxylation sites is 2. The lowest BCUT2D eigenvalue weighted by Crippen LogP contribution is -2.52. The van der Waals surface area contributed by atoms with E-state index in [0.29, 0.717) is 44.3 Å². The fourth-order valence-electron chi connectivity index (χ4n) is 6.39. The highest BCUT2D eigenvalue weighted by Crippen LogP contribution is 2.63. The molecule has 198 valence electrons. The lowest BCUT2D eigenvalue weighted by molar-refractivity contribution is -0.142. The Labute approximate surface area is 229 Å². The molecule has 7 rings (SSSR count). The summed E-state index contributed by atoms with van der Waals surface area (Å²) in [6.45, 7) is 1.84. The summed E-state index contributed by atoms with van der Waals surface area (Å²) in [4.78, 5) is 14.6. The minimum Gasteiger partial charge on any atom is -0.491 e. The van der Waals surface area contributed by atoms with Crippen molar-refractivity contribution in [1.29, 1.82) is 0 Å². The molecule has 4 aromatic carbocycles. The van der Waals surface area contributed by atoms with E-state index in [-0.39, 0.29) is 17.8 Å². The van der Waals surface area contributed by atoms with E-state index in [1.54, 1.807) is 7.11 Å². The summed E-state index contributed by atoms with van der Waals surface area (Å²) >= 11 is 0. The molecule has 0 aromatic heterocycles. The van der Waals surface area contributed by atoms with Crippen LogP contribution < -0.4 is 9.47 Å². The zero-order valence-electron chi connectivity index (χ0n) is 22.0. The number of carbonyl (C=O) groups excluding carboxylic acids is 1. The summed E-state index contributed by atoms with van der Waals surface area (Å²) < 4.78 is 23.2. The van der Waals surface area contributed by atoms with Gasteiger partial charge in [0.2, 0.25) is 0 Å². The first-order valence-corrected chi connectivity index (χ1v) is 13.5. The predicted molar refractivity (Wildman–Crippen MR) is 150 cm³/mol. The van der Waals surface area contributed by atoms with Gasteiger partial charge in [0, 0.05) is 24.5 Å². The number of rotatable bonds is 10. The van der Waals surface area contributed by atoms with Crippen molar-refractivity contribution in [2.45, 2.75) is 23.7 Å². The van der Waals surface area contributed by atoms with Crippen molar-refractivity contribution < 1.29 is 23.7 Å². The van der Waals surface area contributed by atoms with Crippen LogP contribution >= 0.6 is 0 Å². The Morgan fingerprint density at radius 3 is 2.00 bits per heavy atom. The fraction of sp³-hybridized carbons (Fsp3) is 0.265. The number of fused-ring (bicyclic) bond motifs is 1. The SMILES string of the molecule is COCCOCCOc1ccccc1C1(C(=O)Oc2ccccc2)CC2c3ccccc3C1c1ccccc12. The fourth-order valence-corrected chi connectivity index (χ4v) is 6.39. The molecule has 3 aliphatic carbocycles. The van der Waals surface area contributed by atoms with Crippen LogP contribution in [0.4, 0.5) is 0 Å². The topological polar surface area (TPSA) is 54.0 Å². The first kappa shape index (κ1) is 25.4. The average molecular weight is 521 g/mol. The van der Waals surface area contributed by atoms with Gasteiger partial charge in [-0.2, -0.15) is 0 Å². The maximum Gasteiger partial charge on any atom is 0.323 e. The van der Waals surface area contributed by atoms with E-state index in [1.165, 1.54) is 22.3 Å². The molecule has 0 aliphatic heterocycles. The maximum absolute atomic E-state index is 14.6. The van der Waals surface area contributed by atoms with Crippen LogP contribution in [0.3, 0.4) is 0 Å². The standard InChI is InChI=1S/C34H32O5/c1-36-19-20-37-21-22-38-31-18-10-9-17-30(31)34(33(35)39-24-11-3-2-4-12-24)23-29-25-13-5-7-15-27(25)32(34)28-16-8-6-14-26(28)29/h2-18,29,32H,19-23H2,1H3. The Hall–Kier alpha value is -3.93. The van der Waals surface area contributed by atoms with Crippen LogP contribution in [0.2, 0.25) is 0 Å². The van der Waals surface area contributed by atoms with Crippen molar-refractivity contribution in [1.82, 2.24) is 0 Å². The van der Waals surface area contributed by atoms with Gasteiger partial charge in [0.25, 0.3) is 0 Å². The van der Waals surface area contributed by atoms with Crippen LogP contribution in [0.25, 0.3) is 0 Å². The first-order chi connectivity index (χ1) is 19.2. The van der Waals surface area contributed by atoms with Gasteiger partial charge in [-0.15, -0.1) is 0 Å². The highest BCUT2D eigenvalue weighted by molar-refractivity contribution is 5.90. The molecule has 3 aliphatic rings. The molecule has 0 radical (unpaired) electrons. The third-order valence-electron chi connectivity index (χ3n) is 7.99. The minimum atomic E-state index is -0.975. The Morgan fingerprint density at radius 1 is 0.718 bits per heavy atom. The third-order valence-corrected chi connectivity index (χ3v) is 7.99. The van der Waals surface area contributed by atoms with Crippen molar-refractivity contribution in [2.24, 2.45) is 0 Å². The number of esters is 1. The largest absolute Gasteiger partial charge is 0.491 e. The van der Waals surface area contributed by atoms with Gasteiger partial charge < -0.3 is 18.9 Å². The van der Waals surface area contributed by atoms with Crippen molar-refractivity contribution in [3.05, 3.63) is 131 Å². The van der Waals surface area contributed by atoms with Gasteiger partial charge in [-0.3, -0.25) is 4.79 Å². The second-order valence-electron chi connectivity index (χ2n) is 10.1.